The Labute approximate surface area is 212 Å². The summed E-state index contributed by atoms with van der Waals surface area (Å²) in [5.74, 6) is -1.47. The lowest BCUT2D eigenvalue weighted by Crippen LogP contribution is -2.50. The van der Waals surface area contributed by atoms with E-state index in [9.17, 15) is 18.8 Å². The van der Waals surface area contributed by atoms with Crippen LogP contribution in [0.1, 0.15) is 34.0 Å². The molecule has 1 fully saturated rings. The Hall–Kier alpha value is -3.65. The highest BCUT2D eigenvalue weighted by Crippen LogP contribution is 2.35. The van der Waals surface area contributed by atoms with E-state index in [1.165, 1.54) is 18.2 Å². The third kappa shape index (κ3) is 4.86. The second kappa shape index (κ2) is 10.1. The minimum Gasteiger partial charge on any atom is -0.336 e. The summed E-state index contributed by atoms with van der Waals surface area (Å²) < 4.78 is 16.1. The number of likely N-dealkylation sites (tertiary alicyclic amines) is 1. The number of hydrogen-bond donors (Lipinski definition) is 1. The maximum absolute atomic E-state index is 14.3. The standard InChI is InChI=1S/C28H26FN3O3S/c1-36-21-11-9-18(10-12-21)14-24(30-27(34)22-5-2-3-6-23(22)29)28(35)31-15-19-13-20(17-31)25-7-4-8-26(33)32(25)16-19/h2-12,14,19-20H,13,15-17H2,1H3,(H,30,34)/b24-14-/t19-,20-/m1/s1. The molecule has 36 heavy (non-hydrogen) atoms. The monoisotopic (exact) mass is 503 g/mol. The number of carbonyl (C=O) groups excluding carboxylic acids is 2. The Morgan fingerprint density at radius 3 is 2.53 bits per heavy atom. The quantitative estimate of drug-likeness (QED) is 0.420. The Balaban J connectivity index is 1.45. The van der Waals surface area contributed by atoms with E-state index >= 15 is 0 Å². The van der Waals surface area contributed by atoms with Gasteiger partial charge in [0.05, 0.1) is 5.56 Å². The van der Waals surface area contributed by atoms with Gasteiger partial charge in [-0.15, -0.1) is 11.8 Å². The highest BCUT2D eigenvalue weighted by Gasteiger charge is 2.37. The van der Waals surface area contributed by atoms with Crippen molar-refractivity contribution >= 4 is 29.7 Å². The van der Waals surface area contributed by atoms with Crippen molar-refractivity contribution in [1.82, 2.24) is 14.8 Å². The first-order chi connectivity index (χ1) is 17.4. The van der Waals surface area contributed by atoms with Gasteiger partial charge in [0.1, 0.15) is 11.5 Å². The summed E-state index contributed by atoms with van der Waals surface area (Å²) in [6.07, 6.45) is 4.52. The smallest absolute Gasteiger partial charge is 0.270 e. The third-order valence-corrected chi connectivity index (χ3v) is 7.53. The molecule has 0 saturated carbocycles. The minimum absolute atomic E-state index is 0.0200. The van der Waals surface area contributed by atoms with Crippen molar-refractivity contribution in [3.8, 4) is 0 Å². The lowest BCUT2D eigenvalue weighted by molar-refractivity contribution is -0.130. The Bertz CT molecular complexity index is 1400. The number of aromatic nitrogens is 1. The predicted molar refractivity (Wildman–Crippen MR) is 138 cm³/mol. The number of pyridine rings is 1. The minimum atomic E-state index is -0.678. The molecule has 0 unspecified atom stereocenters. The van der Waals surface area contributed by atoms with E-state index in [1.54, 1.807) is 40.9 Å². The van der Waals surface area contributed by atoms with Crippen LogP contribution in [0.25, 0.3) is 6.08 Å². The summed E-state index contributed by atoms with van der Waals surface area (Å²) in [6.45, 7) is 1.48. The fourth-order valence-electron chi connectivity index (χ4n) is 5.09. The van der Waals surface area contributed by atoms with E-state index < -0.39 is 11.7 Å². The summed E-state index contributed by atoms with van der Waals surface area (Å²) in [5.41, 5.74) is 1.63. The predicted octanol–water partition coefficient (Wildman–Crippen LogP) is 4.13. The summed E-state index contributed by atoms with van der Waals surface area (Å²) >= 11 is 1.61. The molecule has 1 N–H and O–H groups in total. The Morgan fingerprint density at radius 1 is 1.00 bits per heavy atom. The second-order valence-electron chi connectivity index (χ2n) is 9.17. The number of thioether (sulfide) groups is 1. The first-order valence-electron chi connectivity index (χ1n) is 11.8. The lowest BCUT2D eigenvalue weighted by atomic mass is 9.83. The van der Waals surface area contributed by atoms with Gasteiger partial charge in [0.15, 0.2) is 0 Å². The number of carbonyl (C=O) groups is 2. The molecule has 5 rings (SSSR count). The van der Waals surface area contributed by atoms with Gasteiger partial charge in [0, 0.05) is 42.2 Å². The van der Waals surface area contributed by atoms with Gasteiger partial charge < -0.3 is 14.8 Å². The molecule has 0 spiro atoms. The molecule has 3 heterocycles. The van der Waals surface area contributed by atoms with Crippen LogP contribution in [0.4, 0.5) is 4.39 Å². The summed E-state index contributed by atoms with van der Waals surface area (Å²) in [7, 11) is 0. The number of amides is 2. The van der Waals surface area contributed by atoms with Crippen LogP contribution in [0, 0.1) is 11.7 Å². The highest BCUT2D eigenvalue weighted by atomic mass is 32.2. The molecule has 2 aliphatic rings. The average molecular weight is 504 g/mol. The van der Waals surface area contributed by atoms with Crippen LogP contribution in [0.3, 0.4) is 0 Å². The molecule has 0 aliphatic carbocycles. The molecule has 0 radical (unpaired) electrons. The molecule has 6 nitrogen and oxygen atoms in total. The van der Waals surface area contributed by atoms with Gasteiger partial charge in [-0.2, -0.15) is 0 Å². The fourth-order valence-corrected chi connectivity index (χ4v) is 5.49. The Kier molecular flexibility index (Phi) is 6.78. The van der Waals surface area contributed by atoms with Gasteiger partial charge in [-0.05, 0) is 60.6 Å². The number of benzene rings is 2. The van der Waals surface area contributed by atoms with Gasteiger partial charge >= 0.3 is 0 Å². The zero-order valence-electron chi connectivity index (χ0n) is 19.8. The maximum Gasteiger partial charge on any atom is 0.270 e. The van der Waals surface area contributed by atoms with E-state index in [0.717, 1.165) is 22.6 Å². The number of halogens is 1. The van der Waals surface area contributed by atoms with Crippen molar-refractivity contribution in [2.45, 2.75) is 23.8 Å². The van der Waals surface area contributed by atoms with Crippen molar-refractivity contribution in [2.24, 2.45) is 5.92 Å². The second-order valence-corrected chi connectivity index (χ2v) is 10.1. The topological polar surface area (TPSA) is 71.4 Å². The van der Waals surface area contributed by atoms with Crippen LogP contribution in [-0.2, 0) is 11.3 Å². The van der Waals surface area contributed by atoms with Gasteiger partial charge in [0.2, 0.25) is 0 Å². The average Bonchev–Trinajstić information content (AvgIpc) is 2.89. The molecular weight excluding hydrogens is 477 g/mol. The van der Waals surface area contributed by atoms with Crippen molar-refractivity contribution in [1.29, 1.82) is 0 Å². The van der Waals surface area contributed by atoms with Crippen LogP contribution in [-0.4, -0.2) is 40.6 Å². The number of fused-ring (bicyclic) bond motifs is 4. The fraction of sp³-hybridized carbons (Fsp3) is 0.250. The molecule has 2 atom stereocenters. The first-order valence-corrected chi connectivity index (χ1v) is 13.1. The number of piperidine rings is 1. The molecular formula is C28H26FN3O3S. The lowest BCUT2D eigenvalue weighted by Gasteiger charge is -2.43. The molecule has 2 amide bonds. The molecule has 3 aromatic rings. The van der Waals surface area contributed by atoms with Crippen LogP contribution >= 0.6 is 11.8 Å². The first kappa shape index (κ1) is 24.1. The van der Waals surface area contributed by atoms with E-state index in [2.05, 4.69) is 5.32 Å². The van der Waals surface area contributed by atoms with Crippen molar-refractivity contribution in [3.05, 3.63) is 105 Å². The molecule has 2 bridgehead atoms. The molecule has 184 valence electrons. The van der Waals surface area contributed by atoms with Gasteiger partial charge in [0.25, 0.3) is 17.4 Å². The largest absolute Gasteiger partial charge is 0.336 e. The Morgan fingerprint density at radius 2 is 1.78 bits per heavy atom. The van der Waals surface area contributed by atoms with Crippen LogP contribution in [0.5, 0.6) is 0 Å². The normalized spacial score (nSPS) is 18.9. The zero-order valence-corrected chi connectivity index (χ0v) is 20.6. The van der Waals surface area contributed by atoms with Crippen LogP contribution in [0.15, 0.2) is 82.1 Å². The number of hydrogen-bond acceptors (Lipinski definition) is 4. The van der Waals surface area contributed by atoms with Crippen molar-refractivity contribution < 1.29 is 14.0 Å². The van der Waals surface area contributed by atoms with Crippen LogP contribution in [0.2, 0.25) is 0 Å². The van der Waals surface area contributed by atoms with Crippen LogP contribution < -0.4 is 10.9 Å². The third-order valence-electron chi connectivity index (χ3n) is 6.79. The maximum atomic E-state index is 14.3. The van der Waals surface area contributed by atoms with Gasteiger partial charge in [-0.3, -0.25) is 14.4 Å². The number of nitrogens with zero attached hydrogens (tertiary/aromatic N) is 2. The molecule has 2 aliphatic heterocycles. The SMILES string of the molecule is CSc1ccc(/C=C(\NC(=O)c2ccccc2F)C(=O)N2C[C@H]3C[C@H](C2)c2cccc(=O)n2C3)cc1. The summed E-state index contributed by atoms with van der Waals surface area (Å²) in [6, 6.07) is 18.6. The van der Waals surface area contributed by atoms with Crippen molar-refractivity contribution in [2.75, 3.05) is 19.3 Å². The van der Waals surface area contributed by atoms with Gasteiger partial charge in [-0.1, -0.05) is 30.3 Å². The van der Waals surface area contributed by atoms with Crippen molar-refractivity contribution in [3.63, 3.8) is 0 Å². The van der Waals surface area contributed by atoms with E-state index in [4.69, 9.17) is 0 Å². The number of nitrogens with one attached hydrogen (secondary N) is 1. The van der Waals surface area contributed by atoms with E-state index in [1.807, 2.05) is 41.2 Å². The molecule has 1 saturated heterocycles. The summed E-state index contributed by atoms with van der Waals surface area (Å²) in [5, 5.41) is 2.67. The molecule has 8 heteroatoms. The number of rotatable bonds is 5. The molecule has 1 aromatic heterocycles. The zero-order chi connectivity index (χ0) is 25.2. The highest BCUT2D eigenvalue weighted by molar-refractivity contribution is 7.98. The van der Waals surface area contributed by atoms with E-state index in [-0.39, 0.29) is 34.6 Å². The van der Waals surface area contributed by atoms with E-state index in [0.29, 0.717) is 19.6 Å². The van der Waals surface area contributed by atoms with Gasteiger partial charge in [-0.25, -0.2) is 4.39 Å². The summed E-state index contributed by atoms with van der Waals surface area (Å²) in [4.78, 5) is 41.9. The molecule has 2 aromatic carbocycles.